The maximum Gasteiger partial charge on any atom is 0.337 e. The molecule has 1 N–H and O–H groups in total. The van der Waals surface area contributed by atoms with Gasteiger partial charge in [-0.1, -0.05) is 35.3 Å². The number of methoxy groups -OCH3 is 2. The summed E-state index contributed by atoms with van der Waals surface area (Å²) in [6.07, 6.45) is 0.116. The molecule has 0 aliphatic heterocycles. The SMILES string of the molecule is COC(=O)c1cccc(C(=O)N[C@@H](Cc2ccc(Cl)cc2Cl)C(=O)OC)c1. The third-order valence-corrected chi connectivity index (χ3v) is 4.36. The van der Waals surface area contributed by atoms with Crippen LogP contribution in [0, 0.1) is 0 Å². The molecule has 0 heterocycles. The van der Waals surface area contributed by atoms with Crippen LogP contribution in [-0.4, -0.2) is 38.1 Å². The topological polar surface area (TPSA) is 81.7 Å². The van der Waals surface area contributed by atoms with Gasteiger partial charge in [0, 0.05) is 22.0 Å². The van der Waals surface area contributed by atoms with Crippen molar-refractivity contribution in [1.29, 1.82) is 0 Å². The number of nitrogens with one attached hydrogen (secondary N) is 1. The second-order valence-corrected chi connectivity index (χ2v) is 6.41. The molecular formula is C19H17Cl2NO5. The van der Waals surface area contributed by atoms with Crippen LogP contribution < -0.4 is 5.32 Å². The van der Waals surface area contributed by atoms with E-state index < -0.39 is 23.9 Å². The van der Waals surface area contributed by atoms with Crippen molar-refractivity contribution in [2.75, 3.05) is 14.2 Å². The standard InChI is InChI=1S/C19H17Cl2NO5/c1-26-18(24)13-5-3-4-12(8-13)17(23)22-16(19(25)27-2)9-11-6-7-14(20)10-15(11)21/h3-8,10,16H,9H2,1-2H3,(H,22,23)/t16-/m0/s1. The lowest BCUT2D eigenvalue weighted by molar-refractivity contribution is -0.142. The third kappa shape index (κ3) is 5.45. The van der Waals surface area contributed by atoms with E-state index in [1.165, 1.54) is 32.4 Å². The summed E-state index contributed by atoms with van der Waals surface area (Å²) in [5.41, 5.74) is 1.05. The smallest absolute Gasteiger partial charge is 0.337 e. The number of hydrogen-bond donors (Lipinski definition) is 1. The summed E-state index contributed by atoms with van der Waals surface area (Å²) in [7, 11) is 2.47. The molecule has 0 bridgehead atoms. The van der Waals surface area contributed by atoms with Crippen molar-refractivity contribution in [2.45, 2.75) is 12.5 Å². The van der Waals surface area contributed by atoms with E-state index in [0.717, 1.165) is 0 Å². The summed E-state index contributed by atoms with van der Waals surface area (Å²) in [5.74, 6) is -1.73. The lowest BCUT2D eigenvalue weighted by atomic mass is 10.0. The quantitative estimate of drug-likeness (QED) is 0.740. The molecule has 142 valence electrons. The minimum atomic E-state index is -0.969. The van der Waals surface area contributed by atoms with E-state index >= 15 is 0 Å². The Morgan fingerprint density at radius 3 is 2.33 bits per heavy atom. The van der Waals surface area contributed by atoms with Crippen LogP contribution >= 0.6 is 23.2 Å². The number of ether oxygens (including phenoxy) is 2. The Kier molecular flexibility index (Phi) is 7.21. The van der Waals surface area contributed by atoms with E-state index in [1.54, 1.807) is 24.3 Å². The predicted molar refractivity (Wildman–Crippen MR) is 101 cm³/mol. The molecule has 1 atom stereocenters. The number of esters is 2. The van der Waals surface area contributed by atoms with E-state index in [2.05, 4.69) is 10.1 Å². The Morgan fingerprint density at radius 1 is 1.00 bits per heavy atom. The first-order valence-electron chi connectivity index (χ1n) is 7.86. The molecule has 8 heteroatoms. The molecule has 27 heavy (non-hydrogen) atoms. The average Bonchev–Trinajstić information content (AvgIpc) is 2.68. The van der Waals surface area contributed by atoms with Gasteiger partial charge in [-0.15, -0.1) is 0 Å². The molecular weight excluding hydrogens is 393 g/mol. The molecule has 0 radical (unpaired) electrons. The highest BCUT2D eigenvalue weighted by Gasteiger charge is 2.24. The van der Waals surface area contributed by atoms with Crippen LogP contribution in [0.4, 0.5) is 0 Å². The fraction of sp³-hybridized carbons (Fsp3) is 0.211. The first-order chi connectivity index (χ1) is 12.8. The number of amides is 1. The fourth-order valence-electron chi connectivity index (χ4n) is 2.39. The highest BCUT2D eigenvalue weighted by Crippen LogP contribution is 2.22. The Balaban J connectivity index is 2.22. The number of carbonyl (C=O) groups excluding carboxylic acids is 3. The number of benzene rings is 2. The van der Waals surface area contributed by atoms with E-state index in [-0.39, 0.29) is 17.5 Å². The molecule has 0 spiro atoms. The normalized spacial score (nSPS) is 11.4. The molecule has 0 saturated carbocycles. The van der Waals surface area contributed by atoms with E-state index in [4.69, 9.17) is 27.9 Å². The Labute approximate surface area is 166 Å². The monoisotopic (exact) mass is 409 g/mol. The molecule has 0 fully saturated rings. The largest absolute Gasteiger partial charge is 0.467 e. The molecule has 0 unspecified atom stereocenters. The zero-order valence-corrected chi connectivity index (χ0v) is 16.1. The van der Waals surface area contributed by atoms with Crippen LogP contribution in [0.15, 0.2) is 42.5 Å². The number of halogens is 2. The molecule has 2 rings (SSSR count). The maximum atomic E-state index is 12.5. The van der Waals surface area contributed by atoms with Crippen LogP contribution in [0.25, 0.3) is 0 Å². The van der Waals surface area contributed by atoms with Gasteiger partial charge < -0.3 is 14.8 Å². The van der Waals surface area contributed by atoms with Gasteiger partial charge >= 0.3 is 11.9 Å². The molecule has 2 aromatic carbocycles. The first kappa shape index (κ1) is 20.7. The van der Waals surface area contributed by atoms with Gasteiger partial charge in [0.1, 0.15) is 6.04 Å². The van der Waals surface area contributed by atoms with Gasteiger partial charge in [0.15, 0.2) is 0 Å². The Hall–Kier alpha value is -2.57. The lowest BCUT2D eigenvalue weighted by Crippen LogP contribution is -2.43. The summed E-state index contributed by atoms with van der Waals surface area (Å²) >= 11 is 12.0. The van der Waals surface area contributed by atoms with Crippen molar-refractivity contribution in [3.63, 3.8) is 0 Å². The van der Waals surface area contributed by atoms with Crippen molar-refractivity contribution in [1.82, 2.24) is 5.32 Å². The van der Waals surface area contributed by atoms with Crippen LogP contribution in [0.1, 0.15) is 26.3 Å². The highest BCUT2D eigenvalue weighted by molar-refractivity contribution is 6.35. The van der Waals surface area contributed by atoms with Crippen LogP contribution in [0.3, 0.4) is 0 Å². The van der Waals surface area contributed by atoms with E-state index in [9.17, 15) is 14.4 Å². The van der Waals surface area contributed by atoms with Crippen molar-refractivity contribution in [3.8, 4) is 0 Å². The van der Waals surface area contributed by atoms with Crippen molar-refractivity contribution in [3.05, 3.63) is 69.2 Å². The van der Waals surface area contributed by atoms with Gasteiger partial charge in [-0.25, -0.2) is 9.59 Å². The van der Waals surface area contributed by atoms with Crippen LogP contribution in [0.5, 0.6) is 0 Å². The minimum Gasteiger partial charge on any atom is -0.467 e. The molecule has 0 aliphatic rings. The summed E-state index contributed by atoms with van der Waals surface area (Å²) < 4.78 is 9.41. The Morgan fingerprint density at radius 2 is 1.70 bits per heavy atom. The Bertz CT molecular complexity index is 869. The number of carbonyl (C=O) groups is 3. The second kappa shape index (κ2) is 9.39. The summed E-state index contributed by atoms with van der Waals surface area (Å²) in [6, 6.07) is 9.86. The average molecular weight is 410 g/mol. The third-order valence-electron chi connectivity index (χ3n) is 3.78. The summed E-state index contributed by atoms with van der Waals surface area (Å²) in [6.45, 7) is 0. The van der Waals surface area contributed by atoms with Gasteiger partial charge in [-0.3, -0.25) is 4.79 Å². The van der Waals surface area contributed by atoms with Gasteiger partial charge in [-0.05, 0) is 35.9 Å². The number of hydrogen-bond acceptors (Lipinski definition) is 5. The zero-order chi connectivity index (χ0) is 20.0. The van der Waals surface area contributed by atoms with Gasteiger partial charge in [0.2, 0.25) is 0 Å². The van der Waals surface area contributed by atoms with Gasteiger partial charge in [-0.2, -0.15) is 0 Å². The minimum absolute atomic E-state index is 0.116. The van der Waals surface area contributed by atoms with Crippen molar-refractivity contribution >= 4 is 41.0 Å². The summed E-state index contributed by atoms with van der Waals surface area (Å²) in [4.78, 5) is 36.3. The molecule has 0 aromatic heterocycles. The summed E-state index contributed by atoms with van der Waals surface area (Å²) in [5, 5.41) is 3.43. The van der Waals surface area contributed by atoms with Crippen LogP contribution in [-0.2, 0) is 20.7 Å². The van der Waals surface area contributed by atoms with Gasteiger partial charge in [0.05, 0.1) is 19.8 Å². The molecule has 0 aliphatic carbocycles. The lowest BCUT2D eigenvalue weighted by Gasteiger charge is -2.17. The maximum absolute atomic E-state index is 12.5. The van der Waals surface area contributed by atoms with E-state index in [0.29, 0.717) is 15.6 Å². The predicted octanol–water partition coefficient (Wildman–Crippen LogP) is 3.29. The van der Waals surface area contributed by atoms with Crippen molar-refractivity contribution in [2.24, 2.45) is 0 Å². The van der Waals surface area contributed by atoms with Crippen molar-refractivity contribution < 1.29 is 23.9 Å². The highest BCUT2D eigenvalue weighted by atomic mass is 35.5. The molecule has 6 nitrogen and oxygen atoms in total. The molecule has 1 amide bonds. The zero-order valence-electron chi connectivity index (χ0n) is 14.6. The fourth-order valence-corrected chi connectivity index (χ4v) is 2.88. The molecule has 0 saturated heterocycles. The van der Waals surface area contributed by atoms with Gasteiger partial charge in [0.25, 0.3) is 5.91 Å². The van der Waals surface area contributed by atoms with E-state index in [1.807, 2.05) is 0 Å². The first-order valence-corrected chi connectivity index (χ1v) is 8.62. The second-order valence-electron chi connectivity index (χ2n) is 5.56. The van der Waals surface area contributed by atoms with Crippen LogP contribution in [0.2, 0.25) is 10.0 Å². The number of rotatable bonds is 6. The molecule has 2 aromatic rings.